The van der Waals surface area contributed by atoms with Crippen molar-refractivity contribution in [1.82, 2.24) is 0 Å². The highest BCUT2D eigenvalue weighted by Gasteiger charge is 2.35. The summed E-state index contributed by atoms with van der Waals surface area (Å²) in [6.45, 7) is 4.26. The molecule has 108 valence electrons. The number of carbonyl (C=O) groups is 2. The number of hydrogen-bond donors (Lipinski definition) is 0. The van der Waals surface area contributed by atoms with Gasteiger partial charge in [-0.25, -0.2) is 0 Å². The van der Waals surface area contributed by atoms with Crippen molar-refractivity contribution < 1.29 is 9.59 Å². The molecule has 0 spiro atoms. The van der Waals surface area contributed by atoms with Gasteiger partial charge in [-0.15, -0.1) is 0 Å². The van der Waals surface area contributed by atoms with Gasteiger partial charge in [0.15, 0.2) is 0 Å². The van der Waals surface area contributed by atoms with E-state index in [1.165, 1.54) is 0 Å². The summed E-state index contributed by atoms with van der Waals surface area (Å²) in [4.78, 5) is 26.2. The van der Waals surface area contributed by atoms with Crippen LogP contribution in [0.25, 0.3) is 0 Å². The normalized spacial score (nSPS) is 19.6. The first-order valence-corrected chi connectivity index (χ1v) is 7.47. The average molecular weight is 314 g/mol. The SMILES string of the molecule is CC(C)C(=O)C1CCCN(c2ccc(Cl)c(Cl)c2)C1=O. The zero-order valence-electron chi connectivity index (χ0n) is 11.5. The zero-order valence-corrected chi connectivity index (χ0v) is 13.0. The van der Waals surface area contributed by atoms with Gasteiger partial charge in [0.25, 0.3) is 0 Å². The van der Waals surface area contributed by atoms with Gasteiger partial charge in [0, 0.05) is 18.2 Å². The quantitative estimate of drug-likeness (QED) is 0.792. The van der Waals surface area contributed by atoms with Gasteiger partial charge in [-0.2, -0.15) is 0 Å². The minimum absolute atomic E-state index is 0.0137. The van der Waals surface area contributed by atoms with Crippen LogP contribution in [0.15, 0.2) is 18.2 Å². The van der Waals surface area contributed by atoms with Crippen molar-refractivity contribution >= 4 is 40.6 Å². The average Bonchev–Trinajstić information content (AvgIpc) is 2.41. The molecule has 1 fully saturated rings. The van der Waals surface area contributed by atoms with Crippen LogP contribution >= 0.6 is 23.2 Å². The van der Waals surface area contributed by atoms with E-state index in [4.69, 9.17) is 23.2 Å². The van der Waals surface area contributed by atoms with Gasteiger partial charge in [-0.3, -0.25) is 9.59 Å². The Hall–Kier alpha value is -1.06. The number of amides is 1. The van der Waals surface area contributed by atoms with Gasteiger partial charge in [-0.05, 0) is 31.0 Å². The number of Topliss-reactive ketones (excluding diaryl/α,β-unsaturated/α-hetero) is 1. The Morgan fingerprint density at radius 1 is 1.30 bits per heavy atom. The number of anilines is 1. The Kier molecular flexibility index (Phi) is 4.71. The van der Waals surface area contributed by atoms with Crippen LogP contribution in [0.4, 0.5) is 5.69 Å². The molecule has 0 saturated carbocycles. The van der Waals surface area contributed by atoms with E-state index in [9.17, 15) is 9.59 Å². The molecular weight excluding hydrogens is 297 g/mol. The number of hydrogen-bond acceptors (Lipinski definition) is 2. The van der Waals surface area contributed by atoms with E-state index >= 15 is 0 Å². The van der Waals surface area contributed by atoms with Crippen LogP contribution in [-0.4, -0.2) is 18.2 Å². The minimum Gasteiger partial charge on any atom is -0.312 e. The second-order valence-electron chi connectivity index (χ2n) is 5.34. The van der Waals surface area contributed by atoms with Crippen LogP contribution in [0.1, 0.15) is 26.7 Å². The number of ketones is 1. The molecule has 1 atom stereocenters. The first-order valence-electron chi connectivity index (χ1n) is 6.72. The third kappa shape index (κ3) is 2.99. The predicted molar refractivity (Wildman–Crippen MR) is 81.4 cm³/mol. The Morgan fingerprint density at radius 2 is 2.00 bits per heavy atom. The maximum Gasteiger partial charge on any atom is 0.237 e. The van der Waals surface area contributed by atoms with Crippen molar-refractivity contribution in [2.45, 2.75) is 26.7 Å². The topological polar surface area (TPSA) is 37.4 Å². The van der Waals surface area contributed by atoms with E-state index in [1.54, 1.807) is 23.1 Å². The minimum atomic E-state index is -0.529. The smallest absolute Gasteiger partial charge is 0.237 e. The lowest BCUT2D eigenvalue weighted by molar-refractivity contribution is -0.135. The third-order valence-electron chi connectivity index (χ3n) is 3.57. The summed E-state index contributed by atoms with van der Waals surface area (Å²) < 4.78 is 0. The Balaban J connectivity index is 2.26. The predicted octanol–water partition coefficient (Wildman–Crippen LogP) is 3.96. The number of piperidine rings is 1. The standard InChI is InChI=1S/C15H17Cl2NO2/c1-9(2)14(19)11-4-3-7-18(15(11)20)10-5-6-12(16)13(17)8-10/h5-6,8-9,11H,3-4,7H2,1-2H3. The van der Waals surface area contributed by atoms with Gasteiger partial charge in [0.2, 0.25) is 5.91 Å². The molecule has 2 rings (SSSR count). The van der Waals surface area contributed by atoms with Gasteiger partial charge < -0.3 is 4.90 Å². The molecule has 1 heterocycles. The van der Waals surface area contributed by atoms with E-state index in [0.717, 1.165) is 6.42 Å². The molecule has 0 bridgehead atoms. The summed E-state index contributed by atoms with van der Waals surface area (Å²) in [5.74, 6) is -0.774. The zero-order chi connectivity index (χ0) is 14.9. The molecule has 1 aromatic carbocycles. The highest BCUT2D eigenvalue weighted by molar-refractivity contribution is 6.42. The van der Waals surface area contributed by atoms with Gasteiger partial charge in [-0.1, -0.05) is 37.0 Å². The molecule has 1 saturated heterocycles. The lowest BCUT2D eigenvalue weighted by Crippen LogP contribution is -2.45. The second kappa shape index (κ2) is 6.15. The van der Waals surface area contributed by atoms with Crippen LogP contribution in [0.3, 0.4) is 0 Å². The monoisotopic (exact) mass is 313 g/mol. The fourth-order valence-corrected chi connectivity index (χ4v) is 2.74. The molecule has 5 heteroatoms. The summed E-state index contributed by atoms with van der Waals surface area (Å²) in [6.07, 6.45) is 1.45. The third-order valence-corrected chi connectivity index (χ3v) is 4.31. The number of rotatable bonds is 3. The molecule has 1 amide bonds. The highest BCUT2D eigenvalue weighted by atomic mass is 35.5. The van der Waals surface area contributed by atoms with Crippen molar-refractivity contribution in [3.8, 4) is 0 Å². The molecule has 0 aliphatic carbocycles. The number of halogens is 2. The molecule has 1 unspecified atom stereocenters. The summed E-state index contributed by atoms with van der Waals surface area (Å²) in [6, 6.07) is 5.10. The van der Waals surface area contributed by atoms with E-state index in [2.05, 4.69) is 0 Å². The van der Waals surface area contributed by atoms with E-state index in [1.807, 2.05) is 13.8 Å². The van der Waals surface area contributed by atoms with Crippen LogP contribution in [0, 0.1) is 11.8 Å². The second-order valence-corrected chi connectivity index (χ2v) is 6.15. The molecule has 1 aliphatic heterocycles. The number of nitrogens with zero attached hydrogens (tertiary/aromatic N) is 1. The summed E-state index contributed by atoms with van der Waals surface area (Å²) in [5.41, 5.74) is 0.700. The summed E-state index contributed by atoms with van der Waals surface area (Å²) >= 11 is 11.9. The van der Waals surface area contributed by atoms with Crippen molar-refractivity contribution in [1.29, 1.82) is 0 Å². The largest absolute Gasteiger partial charge is 0.312 e. The van der Waals surface area contributed by atoms with E-state index in [-0.39, 0.29) is 17.6 Å². The summed E-state index contributed by atoms with van der Waals surface area (Å²) in [5, 5.41) is 0.865. The fourth-order valence-electron chi connectivity index (χ4n) is 2.45. The Labute approximate surface area is 128 Å². The van der Waals surface area contributed by atoms with E-state index in [0.29, 0.717) is 28.7 Å². The molecule has 20 heavy (non-hydrogen) atoms. The van der Waals surface area contributed by atoms with Crippen LogP contribution < -0.4 is 4.90 Å². The number of benzene rings is 1. The molecule has 0 radical (unpaired) electrons. The fraction of sp³-hybridized carbons (Fsp3) is 0.467. The van der Waals surface area contributed by atoms with Crippen LogP contribution in [-0.2, 0) is 9.59 Å². The first-order chi connectivity index (χ1) is 9.41. The van der Waals surface area contributed by atoms with Crippen molar-refractivity contribution in [3.05, 3.63) is 28.2 Å². The molecule has 1 aromatic rings. The van der Waals surface area contributed by atoms with Gasteiger partial charge in [0.05, 0.1) is 16.0 Å². The Morgan fingerprint density at radius 3 is 2.60 bits per heavy atom. The maximum absolute atomic E-state index is 12.5. The van der Waals surface area contributed by atoms with Crippen LogP contribution in [0.2, 0.25) is 10.0 Å². The van der Waals surface area contributed by atoms with E-state index < -0.39 is 5.92 Å². The molecule has 0 aromatic heterocycles. The molecule has 1 aliphatic rings. The molecular formula is C15H17Cl2NO2. The lowest BCUT2D eigenvalue weighted by Gasteiger charge is -2.32. The Bertz CT molecular complexity index is 543. The number of carbonyl (C=O) groups excluding carboxylic acids is 2. The molecule has 0 N–H and O–H groups in total. The van der Waals surface area contributed by atoms with Crippen molar-refractivity contribution in [3.63, 3.8) is 0 Å². The van der Waals surface area contributed by atoms with Crippen LogP contribution in [0.5, 0.6) is 0 Å². The first kappa shape index (κ1) is 15.3. The van der Waals surface area contributed by atoms with Crippen molar-refractivity contribution in [2.24, 2.45) is 11.8 Å². The lowest BCUT2D eigenvalue weighted by atomic mass is 9.87. The summed E-state index contributed by atoms with van der Waals surface area (Å²) in [7, 11) is 0. The maximum atomic E-state index is 12.5. The van der Waals surface area contributed by atoms with Crippen molar-refractivity contribution in [2.75, 3.05) is 11.4 Å². The molecule has 3 nitrogen and oxygen atoms in total. The van der Waals surface area contributed by atoms with Gasteiger partial charge >= 0.3 is 0 Å². The highest BCUT2D eigenvalue weighted by Crippen LogP contribution is 2.31. The van der Waals surface area contributed by atoms with Gasteiger partial charge in [0.1, 0.15) is 5.78 Å².